The maximum atomic E-state index is 11.3. The summed E-state index contributed by atoms with van der Waals surface area (Å²) in [7, 11) is 3.35. The molecule has 0 spiro atoms. The van der Waals surface area contributed by atoms with E-state index in [0.717, 1.165) is 11.1 Å². The van der Waals surface area contributed by atoms with Gasteiger partial charge in [-0.3, -0.25) is 4.79 Å². The highest BCUT2D eigenvalue weighted by Gasteiger charge is 2.31. The maximum Gasteiger partial charge on any atom is 0.251 e. The molecular formula is C8H13NO2. The van der Waals surface area contributed by atoms with Crippen LogP contribution in [0.3, 0.4) is 0 Å². The van der Waals surface area contributed by atoms with Crippen molar-refractivity contribution in [1.29, 1.82) is 0 Å². The molecule has 1 amide bonds. The van der Waals surface area contributed by atoms with E-state index in [-0.39, 0.29) is 12.1 Å². The number of hydrogen-bond donors (Lipinski definition) is 0. The van der Waals surface area contributed by atoms with Gasteiger partial charge in [-0.05, 0) is 19.4 Å². The second kappa shape index (κ2) is 2.66. The van der Waals surface area contributed by atoms with Gasteiger partial charge in [0.15, 0.2) is 6.23 Å². The molecule has 0 aromatic heterocycles. The maximum absolute atomic E-state index is 11.3. The van der Waals surface area contributed by atoms with Gasteiger partial charge < -0.3 is 9.64 Å². The Hall–Kier alpha value is -0.830. The zero-order valence-electron chi connectivity index (χ0n) is 7.34. The van der Waals surface area contributed by atoms with Crippen molar-refractivity contribution in [1.82, 2.24) is 4.90 Å². The minimum absolute atomic E-state index is 0.0642. The largest absolute Gasteiger partial charge is 0.358 e. The summed E-state index contributed by atoms with van der Waals surface area (Å²) in [6.07, 6.45) is -0.150. The summed E-state index contributed by atoms with van der Waals surface area (Å²) in [5.74, 6) is 0.0642. The summed E-state index contributed by atoms with van der Waals surface area (Å²) >= 11 is 0. The number of carbonyl (C=O) groups excluding carboxylic acids is 1. The van der Waals surface area contributed by atoms with Crippen LogP contribution in [0.2, 0.25) is 0 Å². The van der Waals surface area contributed by atoms with Crippen LogP contribution in [0, 0.1) is 0 Å². The molecule has 1 aliphatic heterocycles. The molecule has 1 rings (SSSR count). The molecule has 0 fully saturated rings. The lowest BCUT2D eigenvalue weighted by Gasteiger charge is -2.19. The standard InChI is InChI=1S/C8H13NO2/c1-5-6(2)8(11-4)9(3)7(5)10/h8H,1-4H3. The van der Waals surface area contributed by atoms with E-state index < -0.39 is 0 Å². The number of methoxy groups -OCH3 is 1. The monoisotopic (exact) mass is 155 g/mol. The van der Waals surface area contributed by atoms with Gasteiger partial charge in [-0.2, -0.15) is 0 Å². The van der Waals surface area contributed by atoms with Gasteiger partial charge in [0.25, 0.3) is 5.91 Å². The molecule has 0 radical (unpaired) electrons. The van der Waals surface area contributed by atoms with Gasteiger partial charge in [-0.1, -0.05) is 0 Å². The average molecular weight is 155 g/mol. The molecule has 1 heterocycles. The smallest absolute Gasteiger partial charge is 0.251 e. The predicted molar refractivity (Wildman–Crippen MR) is 41.9 cm³/mol. The molecule has 0 bridgehead atoms. The van der Waals surface area contributed by atoms with Crippen molar-refractivity contribution in [3.63, 3.8) is 0 Å². The van der Waals surface area contributed by atoms with Crippen LogP contribution in [-0.4, -0.2) is 31.2 Å². The number of nitrogens with zero attached hydrogens (tertiary/aromatic N) is 1. The molecule has 0 saturated carbocycles. The number of amides is 1. The lowest BCUT2D eigenvalue weighted by Crippen LogP contribution is -2.32. The Morgan fingerprint density at radius 1 is 1.45 bits per heavy atom. The van der Waals surface area contributed by atoms with E-state index in [1.807, 2.05) is 13.8 Å². The number of ether oxygens (including phenoxy) is 1. The van der Waals surface area contributed by atoms with Crippen molar-refractivity contribution in [3.05, 3.63) is 11.1 Å². The lowest BCUT2D eigenvalue weighted by atomic mass is 10.2. The lowest BCUT2D eigenvalue weighted by molar-refractivity contribution is -0.131. The Bertz CT molecular complexity index is 220. The van der Waals surface area contributed by atoms with Crippen LogP contribution in [0.1, 0.15) is 13.8 Å². The van der Waals surface area contributed by atoms with Crippen LogP contribution in [0.15, 0.2) is 11.1 Å². The fraction of sp³-hybridized carbons (Fsp3) is 0.625. The minimum atomic E-state index is -0.150. The van der Waals surface area contributed by atoms with E-state index >= 15 is 0 Å². The molecule has 0 saturated heterocycles. The molecule has 0 aliphatic carbocycles. The van der Waals surface area contributed by atoms with Crippen molar-refractivity contribution in [2.24, 2.45) is 0 Å². The van der Waals surface area contributed by atoms with E-state index in [0.29, 0.717) is 0 Å². The molecule has 1 aliphatic rings. The van der Waals surface area contributed by atoms with Gasteiger partial charge in [0, 0.05) is 19.7 Å². The summed E-state index contributed by atoms with van der Waals surface area (Å²) in [5.41, 5.74) is 1.82. The van der Waals surface area contributed by atoms with Crippen LogP contribution in [-0.2, 0) is 9.53 Å². The topological polar surface area (TPSA) is 29.5 Å². The summed E-state index contributed by atoms with van der Waals surface area (Å²) in [5, 5.41) is 0. The third-order valence-electron chi connectivity index (χ3n) is 2.18. The summed E-state index contributed by atoms with van der Waals surface area (Å²) in [6, 6.07) is 0. The van der Waals surface area contributed by atoms with E-state index in [2.05, 4.69) is 0 Å². The van der Waals surface area contributed by atoms with Gasteiger partial charge in [-0.15, -0.1) is 0 Å². The Balaban J connectivity index is 2.95. The summed E-state index contributed by atoms with van der Waals surface area (Å²) in [6.45, 7) is 3.75. The second-order valence-electron chi connectivity index (χ2n) is 2.81. The zero-order valence-corrected chi connectivity index (χ0v) is 7.34. The van der Waals surface area contributed by atoms with E-state index in [4.69, 9.17) is 4.74 Å². The van der Waals surface area contributed by atoms with E-state index in [1.165, 1.54) is 0 Å². The third kappa shape index (κ3) is 1.05. The van der Waals surface area contributed by atoms with Crippen LogP contribution in [0.5, 0.6) is 0 Å². The van der Waals surface area contributed by atoms with Crippen LogP contribution >= 0.6 is 0 Å². The van der Waals surface area contributed by atoms with Crippen molar-refractivity contribution < 1.29 is 9.53 Å². The van der Waals surface area contributed by atoms with E-state index in [1.54, 1.807) is 19.1 Å². The Morgan fingerprint density at radius 3 is 2.18 bits per heavy atom. The van der Waals surface area contributed by atoms with Crippen LogP contribution in [0.25, 0.3) is 0 Å². The first-order valence-corrected chi connectivity index (χ1v) is 3.57. The van der Waals surface area contributed by atoms with Crippen LogP contribution in [0.4, 0.5) is 0 Å². The Morgan fingerprint density at radius 2 is 2.00 bits per heavy atom. The normalized spacial score (nSPS) is 25.3. The first-order valence-electron chi connectivity index (χ1n) is 3.57. The number of carbonyl (C=O) groups is 1. The fourth-order valence-electron chi connectivity index (χ4n) is 1.35. The van der Waals surface area contributed by atoms with Crippen molar-refractivity contribution in [3.8, 4) is 0 Å². The highest BCUT2D eigenvalue weighted by atomic mass is 16.5. The first-order chi connectivity index (χ1) is 5.09. The summed E-state index contributed by atoms with van der Waals surface area (Å²) in [4.78, 5) is 12.9. The molecular weight excluding hydrogens is 142 g/mol. The van der Waals surface area contributed by atoms with Gasteiger partial charge in [0.2, 0.25) is 0 Å². The molecule has 0 aromatic rings. The van der Waals surface area contributed by atoms with Crippen molar-refractivity contribution >= 4 is 5.91 Å². The fourth-order valence-corrected chi connectivity index (χ4v) is 1.35. The molecule has 11 heavy (non-hydrogen) atoms. The molecule has 0 N–H and O–H groups in total. The van der Waals surface area contributed by atoms with Gasteiger partial charge >= 0.3 is 0 Å². The van der Waals surface area contributed by atoms with Gasteiger partial charge in [-0.25, -0.2) is 0 Å². The van der Waals surface area contributed by atoms with Crippen molar-refractivity contribution in [2.75, 3.05) is 14.2 Å². The number of hydrogen-bond acceptors (Lipinski definition) is 2. The quantitative estimate of drug-likeness (QED) is 0.559. The van der Waals surface area contributed by atoms with Gasteiger partial charge in [0.1, 0.15) is 0 Å². The highest BCUT2D eigenvalue weighted by molar-refractivity contribution is 5.96. The van der Waals surface area contributed by atoms with Crippen molar-refractivity contribution in [2.45, 2.75) is 20.1 Å². The van der Waals surface area contributed by atoms with Gasteiger partial charge in [0.05, 0.1) is 0 Å². The molecule has 62 valence electrons. The molecule has 1 atom stereocenters. The predicted octanol–water partition coefficient (Wildman–Crippen LogP) is 0.767. The number of likely N-dealkylation sites (N-methyl/N-ethyl adjacent to an activating group) is 1. The highest BCUT2D eigenvalue weighted by Crippen LogP contribution is 2.23. The first kappa shape index (κ1) is 8.27. The molecule has 0 aromatic carbocycles. The molecule has 1 unspecified atom stereocenters. The second-order valence-corrected chi connectivity index (χ2v) is 2.81. The van der Waals surface area contributed by atoms with E-state index in [9.17, 15) is 4.79 Å². The molecule has 3 heteroatoms. The van der Waals surface area contributed by atoms with Crippen LogP contribution < -0.4 is 0 Å². The molecule has 3 nitrogen and oxygen atoms in total. The SMILES string of the molecule is COC1C(C)=C(C)C(=O)N1C. The Kier molecular flexibility index (Phi) is 2.00. The number of rotatable bonds is 1. The zero-order chi connectivity index (χ0) is 8.59. The Labute approximate surface area is 66.6 Å². The third-order valence-corrected chi connectivity index (χ3v) is 2.18. The summed E-state index contributed by atoms with van der Waals surface area (Å²) < 4.78 is 5.12. The minimum Gasteiger partial charge on any atom is -0.358 e. The average Bonchev–Trinajstić information content (AvgIpc) is 2.17.